The molecule has 0 aliphatic rings. The zero-order valence-corrected chi connectivity index (χ0v) is 17.6. The van der Waals surface area contributed by atoms with E-state index in [4.69, 9.17) is 9.88 Å². The van der Waals surface area contributed by atoms with Gasteiger partial charge in [-0.2, -0.15) is 0 Å². The van der Waals surface area contributed by atoms with Crippen molar-refractivity contribution in [2.75, 3.05) is 13.2 Å². The van der Waals surface area contributed by atoms with Crippen molar-refractivity contribution >= 4 is 21.9 Å². The first-order chi connectivity index (χ1) is 13.6. The van der Waals surface area contributed by atoms with Gasteiger partial charge in [-0.15, -0.1) is 0 Å². The summed E-state index contributed by atoms with van der Waals surface area (Å²) in [7, 11) is -3.95. The van der Waals surface area contributed by atoms with Crippen LogP contribution in [0.15, 0.2) is 47.4 Å². The van der Waals surface area contributed by atoms with Crippen LogP contribution in [0.1, 0.15) is 46.8 Å². The maximum absolute atomic E-state index is 12.1. The van der Waals surface area contributed by atoms with Gasteiger partial charge in [0.1, 0.15) is 0 Å². The molecule has 7 nitrogen and oxygen atoms in total. The number of hydrogen-bond acceptors (Lipinski definition) is 5. The minimum absolute atomic E-state index is 0.0117. The maximum atomic E-state index is 12.1. The quantitative estimate of drug-likeness (QED) is 0.638. The van der Waals surface area contributed by atoms with E-state index < -0.39 is 28.5 Å². The van der Waals surface area contributed by atoms with E-state index in [1.807, 2.05) is 12.1 Å². The molecule has 8 heteroatoms. The molecule has 0 unspecified atom stereocenters. The van der Waals surface area contributed by atoms with Crippen LogP contribution in [0.2, 0.25) is 0 Å². The number of carbonyl (C=O) groups excluding carboxylic acids is 2. The van der Waals surface area contributed by atoms with Crippen molar-refractivity contribution in [2.24, 2.45) is 5.14 Å². The molecule has 0 heterocycles. The fraction of sp³-hybridized carbons (Fsp3) is 0.333. The van der Waals surface area contributed by atoms with Crippen LogP contribution in [0.4, 0.5) is 0 Å². The Morgan fingerprint density at radius 3 is 2.34 bits per heavy atom. The van der Waals surface area contributed by atoms with Crippen LogP contribution in [0.25, 0.3) is 0 Å². The van der Waals surface area contributed by atoms with E-state index in [0.29, 0.717) is 24.4 Å². The molecule has 0 aromatic heterocycles. The number of esters is 1. The van der Waals surface area contributed by atoms with Gasteiger partial charge in [0.25, 0.3) is 5.91 Å². The standard InChI is InChI=1S/C21H26N2O5S/c1-14(2)17-8-5-16(6-9-17)10-11-23-20(24)13-28-21(25)18-7-4-15(3)19(12-18)29(22,26)27/h4-9,12,14H,10-11,13H2,1-3H3,(H,23,24)(H2,22,26,27). The van der Waals surface area contributed by atoms with Crippen molar-refractivity contribution in [2.45, 2.75) is 38.0 Å². The largest absolute Gasteiger partial charge is 0.452 e. The lowest BCUT2D eigenvalue weighted by Crippen LogP contribution is -2.30. The lowest BCUT2D eigenvalue weighted by atomic mass is 10.0. The lowest BCUT2D eigenvalue weighted by Gasteiger charge is -2.09. The van der Waals surface area contributed by atoms with Crippen molar-refractivity contribution < 1.29 is 22.7 Å². The third-order valence-electron chi connectivity index (χ3n) is 4.45. The molecular weight excluding hydrogens is 392 g/mol. The molecule has 0 atom stereocenters. The zero-order chi connectivity index (χ0) is 21.6. The van der Waals surface area contributed by atoms with E-state index in [1.165, 1.54) is 17.7 Å². The van der Waals surface area contributed by atoms with Crippen molar-refractivity contribution in [1.29, 1.82) is 0 Å². The molecule has 0 saturated carbocycles. The topological polar surface area (TPSA) is 116 Å². The van der Waals surface area contributed by atoms with Crippen LogP contribution >= 0.6 is 0 Å². The average molecular weight is 419 g/mol. The number of amides is 1. The Bertz CT molecular complexity index is 983. The normalized spacial score (nSPS) is 11.3. The third kappa shape index (κ3) is 6.69. The molecule has 1 amide bonds. The van der Waals surface area contributed by atoms with Crippen molar-refractivity contribution in [3.8, 4) is 0 Å². The van der Waals surface area contributed by atoms with Crippen LogP contribution < -0.4 is 10.5 Å². The molecule has 0 radical (unpaired) electrons. The molecular formula is C21H26N2O5S. The predicted octanol–water partition coefficient (Wildman–Crippen LogP) is 2.28. The number of nitrogens with one attached hydrogen (secondary N) is 1. The van der Waals surface area contributed by atoms with Crippen molar-refractivity contribution in [1.82, 2.24) is 5.32 Å². The number of aryl methyl sites for hydroxylation is 1. The van der Waals surface area contributed by atoms with Gasteiger partial charge in [0.15, 0.2) is 6.61 Å². The fourth-order valence-electron chi connectivity index (χ4n) is 2.71. The Morgan fingerprint density at radius 1 is 1.10 bits per heavy atom. The summed E-state index contributed by atoms with van der Waals surface area (Å²) in [5, 5.41) is 7.82. The minimum atomic E-state index is -3.95. The number of nitrogens with two attached hydrogens (primary N) is 1. The number of carbonyl (C=O) groups is 2. The van der Waals surface area contributed by atoms with E-state index in [1.54, 1.807) is 6.92 Å². The maximum Gasteiger partial charge on any atom is 0.338 e. The van der Waals surface area contributed by atoms with Gasteiger partial charge < -0.3 is 10.1 Å². The summed E-state index contributed by atoms with van der Waals surface area (Å²) in [6, 6.07) is 12.2. The number of ether oxygens (including phenoxy) is 1. The first-order valence-electron chi connectivity index (χ1n) is 9.24. The first kappa shape index (κ1) is 22.6. The van der Waals surface area contributed by atoms with Crippen LogP contribution in [-0.2, 0) is 26.0 Å². The Kier molecular flexibility index (Phi) is 7.53. The first-order valence-corrected chi connectivity index (χ1v) is 10.8. The van der Waals surface area contributed by atoms with Crippen molar-refractivity contribution in [3.05, 3.63) is 64.7 Å². The summed E-state index contributed by atoms with van der Waals surface area (Å²) in [6.45, 7) is 5.78. The highest BCUT2D eigenvalue weighted by molar-refractivity contribution is 7.89. The van der Waals surface area contributed by atoms with Crippen LogP contribution in [0, 0.1) is 6.92 Å². The fourth-order valence-corrected chi connectivity index (χ4v) is 3.52. The highest BCUT2D eigenvalue weighted by Crippen LogP contribution is 2.16. The van der Waals surface area contributed by atoms with E-state index in [0.717, 1.165) is 11.6 Å². The van der Waals surface area contributed by atoms with Gasteiger partial charge in [-0.25, -0.2) is 18.4 Å². The molecule has 0 spiro atoms. The predicted molar refractivity (Wildman–Crippen MR) is 110 cm³/mol. The molecule has 2 rings (SSSR count). The molecule has 3 N–H and O–H groups in total. The summed E-state index contributed by atoms with van der Waals surface area (Å²) in [5.74, 6) is -0.765. The van der Waals surface area contributed by atoms with Gasteiger partial charge in [-0.1, -0.05) is 44.2 Å². The number of sulfonamides is 1. The number of benzene rings is 2. The molecule has 0 fully saturated rings. The van der Waals surface area contributed by atoms with Gasteiger partial charge >= 0.3 is 5.97 Å². The molecule has 0 aliphatic carbocycles. The van der Waals surface area contributed by atoms with Crippen molar-refractivity contribution in [3.63, 3.8) is 0 Å². The molecule has 29 heavy (non-hydrogen) atoms. The Labute approximate surface area is 171 Å². The van der Waals surface area contributed by atoms with E-state index in [-0.39, 0.29) is 10.5 Å². The molecule has 0 saturated heterocycles. The second-order valence-corrected chi connectivity index (χ2v) is 8.63. The number of rotatable bonds is 8. The Morgan fingerprint density at radius 2 is 1.76 bits per heavy atom. The van der Waals surface area contributed by atoms with Crippen LogP contribution in [-0.4, -0.2) is 33.4 Å². The van der Waals surface area contributed by atoms with Gasteiger partial charge in [0, 0.05) is 6.54 Å². The molecule has 0 bridgehead atoms. The van der Waals surface area contributed by atoms with E-state index in [9.17, 15) is 18.0 Å². The molecule has 2 aromatic rings. The molecule has 156 valence electrons. The third-order valence-corrected chi connectivity index (χ3v) is 5.50. The van der Waals surface area contributed by atoms with Crippen LogP contribution in [0.3, 0.4) is 0 Å². The molecule has 2 aromatic carbocycles. The minimum Gasteiger partial charge on any atom is -0.452 e. The summed E-state index contributed by atoms with van der Waals surface area (Å²) in [6.07, 6.45) is 0.660. The van der Waals surface area contributed by atoms with Gasteiger partial charge in [-0.05, 0) is 48.1 Å². The van der Waals surface area contributed by atoms with Crippen LogP contribution in [0.5, 0.6) is 0 Å². The highest BCUT2D eigenvalue weighted by atomic mass is 32.2. The smallest absolute Gasteiger partial charge is 0.338 e. The lowest BCUT2D eigenvalue weighted by molar-refractivity contribution is -0.124. The molecule has 0 aliphatic heterocycles. The zero-order valence-electron chi connectivity index (χ0n) is 16.8. The highest BCUT2D eigenvalue weighted by Gasteiger charge is 2.16. The Hall–Kier alpha value is -2.71. The van der Waals surface area contributed by atoms with E-state index >= 15 is 0 Å². The monoisotopic (exact) mass is 418 g/mol. The van der Waals surface area contributed by atoms with Gasteiger partial charge in [0.2, 0.25) is 10.0 Å². The second-order valence-electron chi connectivity index (χ2n) is 7.10. The number of primary sulfonamides is 1. The number of hydrogen-bond donors (Lipinski definition) is 2. The second kappa shape index (κ2) is 9.67. The summed E-state index contributed by atoms with van der Waals surface area (Å²) >= 11 is 0. The van der Waals surface area contributed by atoms with E-state index in [2.05, 4.69) is 31.3 Å². The van der Waals surface area contributed by atoms with Gasteiger partial charge in [-0.3, -0.25) is 4.79 Å². The Balaban J connectivity index is 1.82. The summed E-state index contributed by atoms with van der Waals surface area (Å²) < 4.78 is 28.0. The average Bonchev–Trinajstić information content (AvgIpc) is 2.66. The summed E-state index contributed by atoms with van der Waals surface area (Å²) in [4.78, 5) is 23.8. The summed E-state index contributed by atoms with van der Waals surface area (Å²) in [5.41, 5.74) is 2.79. The SMILES string of the molecule is Cc1ccc(C(=O)OCC(=O)NCCc2ccc(C(C)C)cc2)cc1S(N)(=O)=O. The van der Waals surface area contributed by atoms with Gasteiger partial charge in [0.05, 0.1) is 10.5 Å².